The zero-order chi connectivity index (χ0) is 15.8. The van der Waals surface area contributed by atoms with Gasteiger partial charge in [0.1, 0.15) is 0 Å². The molecule has 1 amide bonds. The molecule has 1 aliphatic heterocycles. The maximum atomic E-state index is 12.0. The second kappa shape index (κ2) is 8.37. The molecule has 0 saturated carbocycles. The number of nitrogens with zero attached hydrogens (tertiary/aromatic N) is 1. The first-order chi connectivity index (χ1) is 10.6. The Balaban J connectivity index is 1.76. The molecular formula is C18H23NO3. The molecule has 22 heavy (non-hydrogen) atoms. The highest BCUT2D eigenvalue weighted by Gasteiger charge is 2.16. The molecule has 0 aromatic heterocycles. The van der Waals surface area contributed by atoms with Gasteiger partial charge in [-0.05, 0) is 31.4 Å². The van der Waals surface area contributed by atoms with Gasteiger partial charge in [0.05, 0.1) is 0 Å². The molecule has 1 aliphatic rings. The number of ether oxygens (including phenoxy) is 1. The highest BCUT2D eigenvalue weighted by atomic mass is 16.5. The molecule has 0 unspecified atom stereocenters. The molecule has 0 atom stereocenters. The van der Waals surface area contributed by atoms with Gasteiger partial charge in [0.25, 0.3) is 5.91 Å². The minimum absolute atomic E-state index is 0.0982. The van der Waals surface area contributed by atoms with Gasteiger partial charge in [0.15, 0.2) is 6.61 Å². The van der Waals surface area contributed by atoms with Crippen LogP contribution in [-0.4, -0.2) is 36.5 Å². The monoisotopic (exact) mass is 301 g/mol. The van der Waals surface area contributed by atoms with Crippen molar-refractivity contribution in [1.29, 1.82) is 0 Å². The summed E-state index contributed by atoms with van der Waals surface area (Å²) in [5, 5.41) is 0. The van der Waals surface area contributed by atoms with E-state index in [1.165, 1.54) is 24.5 Å². The number of hydrogen-bond donors (Lipinski definition) is 0. The van der Waals surface area contributed by atoms with Crippen LogP contribution in [0.25, 0.3) is 6.08 Å². The van der Waals surface area contributed by atoms with Crippen molar-refractivity contribution in [3.05, 3.63) is 41.5 Å². The fourth-order valence-electron chi connectivity index (χ4n) is 2.43. The van der Waals surface area contributed by atoms with Gasteiger partial charge in [-0.2, -0.15) is 0 Å². The summed E-state index contributed by atoms with van der Waals surface area (Å²) >= 11 is 0. The number of amides is 1. The molecule has 1 heterocycles. The van der Waals surface area contributed by atoms with Crippen molar-refractivity contribution >= 4 is 18.0 Å². The smallest absolute Gasteiger partial charge is 0.331 e. The first-order valence-electron chi connectivity index (χ1n) is 7.84. The average Bonchev–Trinajstić information content (AvgIpc) is 2.81. The Morgan fingerprint density at radius 3 is 2.36 bits per heavy atom. The molecule has 1 aromatic carbocycles. The molecule has 0 aliphatic carbocycles. The summed E-state index contributed by atoms with van der Waals surface area (Å²) in [6.45, 7) is 3.39. The van der Waals surface area contributed by atoms with Crippen molar-refractivity contribution in [2.24, 2.45) is 0 Å². The molecular weight excluding hydrogens is 278 g/mol. The fourth-order valence-corrected chi connectivity index (χ4v) is 2.43. The highest BCUT2D eigenvalue weighted by molar-refractivity contribution is 5.89. The van der Waals surface area contributed by atoms with Crippen LogP contribution in [0.3, 0.4) is 0 Å². The Morgan fingerprint density at radius 2 is 1.73 bits per heavy atom. The van der Waals surface area contributed by atoms with E-state index in [0.29, 0.717) is 0 Å². The van der Waals surface area contributed by atoms with E-state index in [-0.39, 0.29) is 12.5 Å². The van der Waals surface area contributed by atoms with Crippen LogP contribution >= 0.6 is 0 Å². The van der Waals surface area contributed by atoms with E-state index in [0.717, 1.165) is 31.5 Å². The van der Waals surface area contributed by atoms with Crippen molar-refractivity contribution in [2.45, 2.75) is 32.6 Å². The highest BCUT2D eigenvalue weighted by Crippen LogP contribution is 2.10. The summed E-state index contributed by atoms with van der Waals surface area (Å²) in [5.41, 5.74) is 2.10. The summed E-state index contributed by atoms with van der Waals surface area (Å²) in [6.07, 6.45) is 7.46. The van der Waals surface area contributed by atoms with Crippen LogP contribution < -0.4 is 0 Å². The van der Waals surface area contributed by atoms with Crippen LogP contribution in [0.4, 0.5) is 0 Å². The second-order valence-electron chi connectivity index (χ2n) is 5.65. The standard InChI is InChI=1S/C18H23NO3/c1-15-6-8-16(9-7-15)10-11-18(21)22-14-17(20)19-12-4-2-3-5-13-19/h6-11H,2-5,12-14H2,1H3. The molecule has 2 rings (SSSR count). The molecule has 0 radical (unpaired) electrons. The molecule has 1 fully saturated rings. The maximum Gasteiger partial charge on any atom is 0.331 e. The van der Waals surface area contributed by atoms with Gasteiger partial charge in [-0.25, -0.2) is 4.79 Å². The largest absolute Gasteiger partial charge is 0.452 e. The third kappa shape index (κ3) is 5.35. The lowest BCUT2D eigenvalue weighted by Crippen LogP contribution is -2.35. The van der Waals surface area contributed by atoms with Gasteiger partial charge < -0.3 is 9.64 Å². The van der Waals surface area contributed by atoms with Crippen LogP contribution in [0, 0.1) is 6.92 Å². The van der Waals surface area contributed by atoms with E-state index < -0.39 is 5.97 Å². The number of likely N-dealkylation sites (tertiary alicyclic amines) is 1. The van der Waals surface area contributed by atoms with Crippen molar-refractivity contribution in [3.8, 4) is 0 Å². The first kappa shape index (κ1) is 16.3. The van der Waals surface area contributed by atoms with Crippen molar-refractivity contribution in [3.63, 3.8) is 0 Å². The van der Waals surface area contributed by atoms with Crippen molar-refractivity contribution in [1.82, 2.24) is 4.90 Å². The summed E-state index contributed by atoms with van der Waals surface area (Å²) in [6, 6.07) is 7.82. The van der Waals surface area contributed by atoms with Crippen LogP contribution in [0.15, 0.2) is 30.3 Å². The molecule has 0 spiro atoms. The first-order valence-corrected chi connectivity index (χ1v) is 7.84. The molecule has 1 aromatic rings. The van der Waals surface area contributed by atoms with Gasteiger partial charge in [0, 0.05) is 19.2 Å². The predicted octanol–water partition coefficient (Wildman–Crippen LogP) is 2.95. The Bertz CT molecular complexity index is 526. The van der Waals surface area contributed by atoms with E-state index in [1.807, 2.05) is 31.2 Å². The van der Waals surface area contributed by atoms with Gasteiger partial charge in [0.2, 0.25) is 0 Å². The van der Waals surface area contributed by atoms with Crippen LogP contribution in [0.1, 0.15) is 36.8 Å². The number of carbonyl (C=O) groups is 2. The minimum Gasteiger partial charge on any atom is -0.452 e. The average molecular weight is 301 g/mol. The lowest BCUT2D eigenvalue weighted by molar-refractivity contribution is -0.148. The number of benzene rings is 1. The number of carbonyl (C=O) groups excluding carboxylic acids is 2. The molecule has 4 heteroatoms. The van der Waals surface area contributed by atoms with Crippen molar-refractivity contribution < 1.29 is 14.3 Å². The number of rotatable bonds is 4. The zero-order valence-electron chi connectivity index (χ0n) is 13.1. The molecule has 118 valence electrons. The van der Waals surface area contributed by atoms with Gasteiger partial charge >= 0.3 is 5.97 Å². The van der Waals surface area contributed by atoms with E-state index >= 15 is 0 Å². The molecule has 1 saturated heterocycles. The van der Waals surface area contributed by atoms with Crippen LogP contribution in [0.2, 0.25) is 0 Å². The normalized spacial score (nSPS) is 15.6. The van der Waals surface area contributed by atoms with E-state index in [1.54, 1.807) is 11.0 Å². The van der Waals surface area contributed by atoms with Crippen LogP contribution in [-0.2, 0) is 14.3 Å². The summed E-state index contributed by atoms with van der Waals surface area (Å²) in [5.74, 6) is -0.581. The van der Waals surface area contributed by atoms with Gasteiger partial charge in [-0.15, -0.1) is 0 Å². The molecule has 4 nitrogen and oxygen atoms in total. The summed E-state index contributed by atoms with van der Waals surface area (Å²) < 4.78 is 5.03. The lowest BCUT2D eigenvalue weighted by Gasteiger charge is -2.19. The fraction of sp³-hybridized carbons (Fsp3) is 0.444. The van der Waals surface area contributed by atoms with Gasteiger partial charge in [-0.3, -0.25) is 4.79 Å². The quantitative estimate of drug-likeness (QED) is 0.634. The predicted molar refractivity (Wildman–Crippen MR) is 86.2 cm³/mol. The topological polar surface area (TPSA) is 46.6 Å². The Labute approximate surface area is 131 Å². The third-order valence-corrected chi connectivity index (χ3v) is 3.79. The SMILES string of the molecule is Cc1ccc(C=CC(=O)OCC(=O)N2CCCCCC2)cc1. The zero-order valence-corrected chi connectivity index (χ0v) is 13.1. The molecule has 0 bridgehead atoms. The minimum atomic E-state index is -0.483. The van der Waals surface area contributed by atoms with E-state index in [9.17, 15) is 9.59 Å². The molecule has 0 N–H and O–H groups in total. The Kier molecular flexibility index (Phi) is 6.19. The Hall–Kier alpha value is -2.10. The number of esters is 1. The summed E-state index contributed by atoms with van der Waals surface area (Å²) in [7, 11) is 0. The van der Waals surface area contributed by atoms with Crippen molar-refractivity contribution in [2.75, 3.05) is 19.7 Å². The maximum absolute atomic E-state index is 12.0. The lowest BCUT2D eigenvalue weighted by atomic mass is 10.1. The second-order valence-corrected chi connectivity index (χ2v) is 5.65. The van der Waals surface area contributed by atoms with Gasteiger partial charge in [-0.1, -0.05) is 42.7 Å². The number of hydrogen-bond acceptors (Lipinski definition) is 3. The number of aryl methyl sites for hydroxylation is 1. The van der Waals surface area contributed by atoms with E-state index in [2.05, 4.69) is 0 Å². The summed E-state index contributed by atoms with van der Waals surface area (Å²) in [4.78, 5) is 25.4. The third-order valence-electron chi connectivity index (χ3n) is 3.79. The van der Waals surface area contributed by atoms with E-state index in [4.69, 9.17) is 4.74 Å². The Morgan fingerprint density at radius 1 is 1.09 bits per heavy atom. The van der Waals surface area contributed by atoms with Crippen LogP contribution in [0.5, 0.6) is 0 Å².